The zero-order valence-corrected chi connectivity index (χ0v) is 14.9. The van der Waals surface area contributed by atoms with Crippen LogP contribution in [0.4, 0.5) is 13.2 Å². The smallest absolute Gasteiger partial charge is 0.372 e. The van der Waals surface area contributed by atoms with Gasteiger partial charge in [-0.05, 0) is 24.6 Å². The number of hydrogen-bond donors (Lipinski definition) is 1. The van der Waals surface area contributed by atoms with Crippen LogP contribution in [0.3, 0.4) is 0 Å². The molecule has 0 saturated heterocycles. The summed E-state index contributed by atoms with van der Waals surface area (Å²) in [6, 6.07) is 6.22. The molecule has 26 heavy (non-hydrogen) atoms. The molecule has 2 unspecified atom stereocenters. The minimum atomic E-state index is -4.51. The Labute approximate surface area is 153 Å². The van der Waals surface area contributed by atoms with Crippen LogP contribution in [0.2, 0.25) is 5.02 Å². The number of alkyl halides is 3. The lowest BCUT2D eigenvalue weighted by molar-refractivity contribution is -0.195. The molecule has 142 valence electrons. The minimum absolute atomic E-state index is 0.0314. The van der Waals surface area contributed by atoms with Gasteiger partial charge in [-0.2, -0.15) is 13.2 Å². The normalized spacial score (nSPS) is 21.2. The van der Waals surface area contributed by atoms with Gasteiger partial charge in [0.05, 0.1) is 0 Å². The van der Waals surface area contributed by atoms with Crippen LogP contribution in [-0.2, 0) is 19.9 Å². The van der Waals surface area contributed by atoms with E-state index in [-0.39, 0.29) is 6.42 Å². The zero-order valence-electron chi connectivity index (χ0n) is 14.1. The van der Waals surface area contributed by atoms with Gasteiger partial charge in [0.15, 0.2) is 0 Å². The molecule has 0 radical (unpaired) electrons. The summed E-state index contributed by atoms with van der Waals surface area (Å²) in [4.78, 5) is 16.0. The number of rotatable bonds is 6. The van der Waals surface area contributed by atoms with Gasteiger partial charge in [-0.1, -0.05) is 23.7 Å². The molecule has 1 heterocycles. The highest BCUT2D eigenvalue weighted by Gasteiger charge is 2.39. The van der Waals surface area contributed by atoms with Crippen LogP contribution >= 0.6 is 11.6 Å². The monoisotopic (exact) mass is 390 g/mol. The Morgan fingerprint density at radius 2 is 2.04 bits per heavy atom. The second kappa shape index (κ2) is 8.20. The first kappa shape index (κ1) is 20.4. The molecular formula is C17H18ClF3N2O3. The van der Waals surface area contributed by atoms with Crippen LogP contribution in [0.5, 0.6) is 0 Å². The highest BCUT2D eigenvalue weighted by molar-refractivity contribution is 6.30. The van der Waals surface area contributed by atoms with Crippen LogP contribution in [0, 0.1) is 0 Å². The Morgan fingerprint density at radius 1 is 1.38 bits per heavy atom. The predicted molar refractivity (Wildman–Crippen MR) is 90.9 cm³/mol. The van der Waals surface area contributed by atoms with Crippen molar-refractivity contribution in [3.8, 4) is 0 Å². The number of aliphatic imine (C=N–C) groups is 1. The number of ether oxygens (including phenoxy) is 2. The quantitative estimate of drug-likeness (QED) is 0.807. The second-order valence-electron chi connectivity index (χ2n) is 5.78. The van der Waals surface area contributed by atoms with Crippen LogP contribution < -0.4 is 5.32 Å². The van der Waals surface area contributed by atoms with Gasteiger partial charge in [-0.15, -0.1) is 0 Å². The molecular weight excluding hydrogens is 373 g/mol. The van der Waals surface area contributed by atoms with E-state index >= 15 is 0 Å². The zero-order chi connectivity index (χ0) is 19.4. The summed E-state index contributed by atoms with van der Waals surface area (Å²) in [5.41, 5.74) is -0.721. The van der Waals surface area contributed by atoms with Gasteiger partial charge in [0.1, 0.15) is 18.3 Å². The van der Waals surface area contributed by atoms with Crippen molar-refractivity contribution in [1.82, 2.24) is 5.32 Å². The average molecular weight is 391 g/mol. The standard InChI is InChI=1S/C17H18ClF3N2O3/c1-11(25-2)15(24)23-14-7-16(9-22-8-14,26-10-17(19,20)21)12-3-5-13(18)6-4-12/h3-6,8-9,11H,7,10H2,1-2H3,(H,23,24). The third kappa shape index (κ3) is 5.30. The lowest BCUT2D eigenvalue weighted by atomic mass is 9.88. The van der Waals surface area contributed by atoms with Crippen LogP contribution in [0.1, 0.15) is 18.9 Å². The van der Waals surface area contributed by atoms with E-state index < -0.39 is 30.4 Å². The van der Waals surface area contributed by atoms with Gasteiger partial charge in [0.25, 0.3) is 5.91 Å². The van der Waals surface area contributed by atoms with E-state index in [4.69, 9.17) is 21.1 Å². The summed E-state index contributed by atoms with van der Waals surface area (Å²) in [5.74, 6) is -0.434. The molecule has 0 saturated carbocycles. The number of carbonyl (C=O) groups excluding carboxylic acids is 1. The van der Waals surface area contributed by atoms with E-state index in [1.807, 2.05) is 0 Å². The Morgan fingerprint density at radius 3 is 2.62 bits per heavy atom. The molecule has 1 aliphatic heterocycles. The summed E-state index contributed by atoms with van der Waals surface area (Å²) in [5, 5.41) is 3.03. The Hall–Kier alpha value is -1.90. The largest absolute Gasteiger partial charge is 0.411 e. The Bertz CT molecular complexity index is 704. The van der Waals surface area contributed by atoms with E-state index in [0.29, 0.717) is 16.3 Å². The summed E-state index contributed by atoms with van der Waals surface area (Å²) in [7, 11) is 1.38. The van der Waals surface area contributed by atoms with E-state index in [1.165, 1.54) is 19.5 Å². The molecule has 2 atom stereocenters. The van der Waals surface area contributed by atoms with Crippen molar-refractivity contribution in [2.75, 3.05) is 13.7 Å². The molecule has 2 rings (SSSR count). The molecule has 0 aliphatic carbocycles. The number of nitrogens with zero attached hydrogens (tertiary/aromatic N) is 1. The molecule has 0 spiro atoms. The third-order valence-electron chi connectivity index (χ3n) is 3.80. The topological polar surface area (TPSA) is 59.9 Å². The van der Waals surface area contributed by atoms with E-state index in [0.717, 1.165) is 0 Å². The molecule has 9 heteroatoms. The van der Waals surface area contributed by atoms with Crippen molar-refractivity contribution >= 4 is 23.7 Å². The molecule has 1 aromatic carbocycles. The van der Waals surface area contributed by atoms with E-state index in [2.05, 4.69) is 10.3 Å². The van der Waals surface area contributed by atoms with Crippen molar-refractivity contribution in [2.45, 2.75) is 31.2 Å². The number of methoxy groups -OCH3 is 1. The van der Waals surface area contributed by atoms with Gasteiger partial charge in [0, 0.05) is 36.7 Å². The van der Waals surface area contributed by atoms with E-state index in [9.17, 15) is 18.0 Å². The summed E-state index contributed by atoms with van der Waals surface area (Å²) < 4.78 is 48.3. The number of amides is 1. The van der Waals surface area contributed by atoms with Crippen molar-refractivity contribution in [1.29, 1.82) is 0 Å². The highest BCUT2D eigenvalue weighted by Crippen LogP contribution is 2.35. The van der Waals surface area contributed by atoms with E-state index in [1.54, 1.807) is 31.2 Å². The minimum Gasteiger partial charge on any atom is -0.372 e. The van der Waals surface area contributed by atoms with Gasteiger partial charge in [-0.3, -0.25) is 9.79 Å². The average Bonchev–Trinajstić information content (AvgIpc) is 2.59. The highest BCUT2D eigenvalue weighted by atomic mass is 35.5. The molecule has 0 aromatic heterocycles. The number of halogens is 4. The molecule has 1 amide bonds. The first-order valence-corrected chi connectivity index (χ1v) is 8.07. The number of hydrogen-bond acceptors (Lipinski definition) is 4. The summed E-state index contributed by atoms with van der Waals surface area (Å²) in [6.07, 6.45) is -2.61. The van der Waals surface area contributed by atoms with Gasteiger partial charge >= 0.3 is 6.18 Å². The fraction of sp³-hybridized carbons (Fsp3) is 0.412. The van der Waals surface area contributed by atoms with Crippen molar-refractivity contribution in [3.05, 3.63) is 46.7 Å². The van der Waals surface area contributed by atoms with Gasteiger partial charge < -0.3 is 14.8 Å². The molecule has 1 aliphatic rings. The molecule has 0 bridgehead atoms. The lowest BCUT2D eigenvalue weighted by Gasteiger charge is -2.34. The summed E-state index contributed by atoms with van der Waals surface area (Å²) in [6.45, 7) is 0.0892. The van der Waals surface area contributed by atoms with Crippen LogP contribution in [0.25, 0.3) is 0 Å². The van der Waals surface area contributed by atoms with Gasteiger partial charge in [0.2, 0.25) is 0 Å². The number of carbonyl (C=O) groups is 1. The molecule has 5 nitrogen and oxygen atoms in total. The predicted octanol–water partition coefficient (Wildman–Crippen LogP) is 3.58. The fourth-order valence-electron chi connectivity index (χ4n) is 2.36. The maximum atomic E-state index is 12.7. The molecule has 1 N–H and O–H groups in total. The maximum Gasteiger partial charge on any atom is 0.411 e. The molecule has 0 fully saturated rings. The lowest BCUT2D eigenvalue weighted by Crippen LogP contribution is -2.41. The van der Waals surface area contributed by atoms with Crippen LogP contribution in [0.15, 0.2) is 41.2 Å². The Balaban J connectivity index is 2.27. The Kier molecular flexibility index (Phi) is 6.44. The first-order valence-electron chi connectivity index (χ1n) is 7.69. The van der Waals surface area contributed by atoms with Crippen molar-refractivity contribution < 1.29 is 27.4 Å². The van der Waals surface area contributed by atoms with Gasteiger partial charge in [-0.25, -0.2) is 0 Å². The second-order valence-corrected chi connectivity index (χ2v) is 6.21. The summed E-state index contributed by atoms with van der Waals surface area (Å²) >= 11 is 5.86. The third-order valence-corrected chi connectivity index (χ3v) is 4.05. The fourth-order valence-corrected chi connectivity index (χ4v) is 2.48. The number of nitrogens with one attached hydrogen (secondary N) is 1. The maximum absolute atomic E-state index is 12.7. The van der Waals surface area contributed by atoms with Crippen LogP contribution in [-0.4, -0.2) is 38.1 Å². The first-order chi connectivity index (χ1) is 12.1. The molecule has 1 aromatic rings. The van der Waals surface area contributed by atoms with Crippen molar-refractivity contribution in [2.24, 2.45) is 4.99 Å². The number of benzene rings is 1. The SMILES string of the molecule is COC(C)C(=O)NC1=CN=CC(OCC(F)(F)F)(c2ccc(Cl)cc2)C1. The van der Waals surface area contributed by atoms with Crippen molar-refractivity contribution in [3.63, 3.8) is 0 Å².